The number of rotatable bonds is 10. The number of nitrogens with zero attached hydrogens (tertiary/aromatic N) is 2. The summed E-state index contributed by atoms with van der Waals surface area (Å²) in [5.41, 5.74) is 0.292. The van der Waals surface area contributed by atoms with Gasteiger partial charge >= 0.3 is 0 Å². The molecule has 0 aliphatic rings. The van der Waals surface area contributed by atoms with Gasteiger partial charge in [-0.2, -0.15) is 0 Å². The van der Waals surface area contributed by atoms with Crippen LogP contribution in [0.1, 0.15) is 27.4 Å². The molecule has 68 heavy (non-hydrogen) atoms. The summed E-state index contributed by atoms with van der Waals surface area (Å²) in [5.74, 6) is -1.33. The maximum Gasteiger partial charge on any atom is 0.125 e. The molecule has 0 amide bonds. The van der Waals surface area contributed by atoms with Gasteiger partial charge in [-0.3, -0.25) is 0 Å². The monoisotopic (exact) mass is 896 g/mol. The van der Waals surface area contributed by atoms with Gasteiger partial charge in [0, 0.05) is 33.5 Å². The van der Waals surface area contributed by atoms with Crippen molar-refractivity contribution in [2.75, 3.05) is 9.80 Å². The first-order valence-electron chi connectivity index (χ1n) is 31.2. The van der Waals surface area contributed by atoms with Crippen LogP contribution in [0.15, 0.2) is 254 Å². The van der Waals surface area contributed by atoms with E-state index in [4.69, 9.17) is 27.4 Å². The van der Waals surface area contributed by atoms with E-state index in [-0.39, 0.29) is 67.3 Å². The molecule has 0 saturated heterocycles. The van der Waals surface area contributed by atoms with E-state index in [9.17, 15) is 0 Å². The topological polar surface area (TPSA) is 6.48 Å². The van der Waals surface area contributed by atoms with Crippen molar-refractivity contribution in [2.45, 2.75) is 0 Å². The van der Waals surface area contributed by atoms with Crippen molar-refractivity contribution < 1.29 is 36.2 Å². The fraction of sp³-hybridized carbons (Fsp3) is 0. The summed E-state index contributed by atoms with van der Waals surface area (Å²) in [6.07, 6.45) is 0. The Balaban J connectivity index is 1.16. The molecule has 0 N–H and O–H groups in total. The van der Waals surface area contributed by atoms with Gasteiger partial charge in [0.1, 0.15) is 11.6 Å². The molecule has 12 aromatic rings. The zero-order valence-electron chi connectivity index (χ0n) is 55.4. The van der Waals surface area contributed by atoms with Crippen LogP contribution in [0.3, 0.4) is 0 Å². The summed E-state index contributed by atoms with van der Waals surface area (Å²) >= 11 is 0. The lowest BCUT2D eigenvalue weighted by molar-refractivity contribution is 0.627. The minimum Gasteiger partial charge on any atom is -0.310 e. The molecular weight excluding hydrogens is 835 g/mol. The van der Waals surface area contributed by atoms with Crippen molar-refractivity contribution >= 4 is 66.4 Å². The van der Waals surface area contributed by atoms with Gasteiger partial charge in [0.25, 0.3) is 0 Å². The Morgan fingerprint density at radius 1 is 0.294 bits per heavy atom. The number of hydrogen-bond acceptors (Lipinski definition) is 2. The van der Waals surface area contributed by atoms with Gasteiger partial charge in [-0.05, 0) is 151 Å². The summed E-state index contributed by atoms with van der Waals surface area (Å²) in [6.45, 7) is 0. The SMILES string of the molecule is [2H]c1c([2H])c([2H])c(-c2cc(-c3c([2H])c([2H])c([2H])c([2H])c3[2H])cc(N(c3cccc(F)c3)c3ccc4ccc5c(N(c6cccc(F)c6)c6cc(-c7c([2H])c([2H])c([2H])c([2H])c7[2H])cc(-c7c([2H])c([2H])c([2H])c([2H])c7[2H])c6)ccc6ccc3c4c65)c2)c([2H])c1[2H]. The lowest BCUT2D eigenvalue weighted by Gasteiger charge is -2.30. The van der Waals surface area contributed by atoms with E-state index in [0.717, 1.165) is 0 Å². The third-order valence-corrected chi connectivity index (χ3v) is 11.7. The molecule has 0 bridgehead atoms. The highest BCUT2D eigenvalue weighted by molar-refractivity contribution is 6.28. The van der Waals surface area contributed by atoms with Crippen LogP contribution in [0.5, 0.6) is 0 Å². The third kappa shape index (κ3) is 7.48. The molecule has 0 spiro atoms. The van der Waals surface area contributed by atoms with Crippen molar-refractivity contribution in [3.05, 3.63) is 266 Å². The van der Waals surface area contributed by atoms with Crippen LogP contribution < -0.4 is 9.80 Å². The maximum atomic E-state index is 15.8. The number of anilines is 6. The predicted molar refractivity (Wildman–Crippen MR) is 281 cm³/mol. The highest BCUT2D eigenvalue weighted by atomic mass is 19.1. The number of benzene rings is 12. The number of hydrogen-bond donors (Lipinski definition) is 0. The second-order valence-corrected chi connectivity index (χ2v) is 15.8. The Labute approximate surface area is 422 Å². The van der Waals surface area contributed by atoms with Crippen molar-refractivity contribution in [3.8, 4) is 44.5 Å². The lowest BCUT2D eigenvalue weighted by Crippen LogP contribution is -2.12. The Kier molecular flexibility index (Phi) is 6.21. The van der Waals surface area contributed by atoms with Crippen LogP contribution in [-0.4, -0.2) is 0 Å². The van der Waals surface area contributed by atoms with E-state index < -0.39 is 132 Å². The summed E-state index contributed by atoms with van der Waals surface area (Å²) in [7, 11) is 0. The highest BCUT2D eigenvalue weighted by Crippen LogP contribution is 2.49. The minimum atomic E-state index is -0.669. The smallest absolute Gasteiger partial charge is 0.125 e. The lowest BCUT2D eigenvalue weighted by atomic mass is 9.91. The molecule has 2 nitrogen and oxygen atoms in total. The molecular formula is C64H42F2N2. The molecule has 12 rings (SSSR count). The Hall–Kier alpha value is -8.86. The van der Waals surface area contributed by atoms with Gasteiger partial charge in [0.15, 0.2) is 0 Å². The van der Waals surface area contributed by atoms with Gasteiger partial charge in [0.05, 0.1) is 38.8 Å². The summed E-state index contributed by atoms with van der Waals surface area (Å²) in [6, 6.07) is 21.6. The van der Waals surface area contributed by atoms with Crippen molar-refractivity contribution in [2.24, 2.45) is 0 Å². The van der Waals surface area contributed by atoms with Crippen LogP contribution in [0.4, 0.5) is 42.9 Å². The summed E-state index contributed by atoms with van der Waals surface area (Å²) in [4.78, 5) is 3.27. The second kappa shape index (κ2) is 17.2. The van der Waals surface area contributed by atoms with Crippen LogP contribution in [0, 0.1) is 11.6 Å². The number of halogens is 2. The van der Waals surface area contributed by atoms with Gasteiger partial charge < -0.3 is 9.80 Å². The molecule has 0 saturated carbocycles. The minimum absolute atomic E-state index is 0.0112. The molecule has 0 fully saturated rings. The fourth-order valence-electron chi connectivity index (χ4n) is 8.88. The molecule has 4 heteroatoms. The first-order chi connectivity index (χ1) is 41.8. The van der Waals surface area contributed by atoms with Crippen molar-refractivity contribution in [3.63, 3.8) is 0 Å². The zero-order chi connectivity index (χ0) is 63.0. The van der Waals surface area contributed by atoms with E-state index in [1.54, 1.807) is 34.1 Å². The van der Waals surface area contributed by atoms with Crippen LogP contribution >= 0.6 is 0 Å². The average molecular weight is 897 g/mol. The van der Waals surface area contributed by atoms with E-state index in [2.05, 4.69) is 0 Å². The van der Waals surface area contributed by atoms with Gasteiger partial charge in [-0.25, -0.2) is 8.78 Å². The van der Waals surface area contributed by atoms with Crippen LogP contribution in [-0.2, 0) is 0 Å². The summed E-state index contributed by atoms with van der Waals surface area (Å²) < 4.78 is 206. The first kappa shape index (κ1) is 24.6. The van der Waals surface area contributed by atoms with Crippen molar-refractivity contribution in [1.29, 1.82) is 0 Å². The van der Waals surface area contributed by atoms with E-state index >= 15 is 8.78 Å². The van der Waals surface area contributed by atoms with E-state index in [1.807, 2.05) is 36.4 Å². The highest BCUT2D eigenvalue weighted by Gasteiger charge is 2.24. The molecule has 0 aliphatic carbocycles. The Bertz CT molecular complexity index is 4400. The molecule has 0 radical (unpaired) electrons. The van der Waals surface area contributed by atoms with Crippen LogP contribution in [0.2, 0.25) is 0 Å². The molecule has 0 heterocycles. The van der Waals surface area contributed by atoms with Gasteiger partial charge in [-0.15, -0.1) is 0 Å². The molecule has 0 aliphatic heterocycles. The first-order valence-corrected chi connectivity index (χ1v) is 21.2. The van der Waals surface area contributed by atoms with Crippen molar-refractivity contribution in [1.82, 2.24) is 0 Å². The quantitative estimate of drug-likeness (QED) is 0.126. The van der Waals surface area contributed by atoms with Gasteiger partial charge in [-0.1, -0.05) is 169 Å². The Morgan fingerprint density at radius 3 is 0.941 bits per heavy atom. The molecule has 0 unspecified atom stereocenters. The largest absolute Gasteiger partial charge is 0.310 e. The van der Waals surface area contributed by atoms with Gasteiger partial charge in [0.2, 0.25) is 0 Å². The average Bonchev–Trinajstić information content (AvgIpc) is 0.783. The Morgan fingerprint density at radius 2 is 0.618 bits per heavy atom. The van der Waals surface area contributed by atoms with E-state index in [1.165, 1.54) is 72.8 Å². The molecule has 0 atom stereocenters. The standard InChI is InChI=1S/C64H42F2N2/c65-53-23-13-25-55(41-53)67(57-37-49(43-15-5-1-6-16-43)35-50(38-57)44-17-7-2-8-18-44)61-33-29-47-28-32-60-62(34-30-48-27-31-59(61)63(47)64(48)60)68(56-26-14-24-54(66)42-56)58-39-51(45-19-9-3-10-20-45)36-52(40-58)46-21-11-4-12-22-46/h1-42H/i1D,2D,3D,4D,5D,6D,7D,8D,9D,10D,11D,12D,15D,16D,17D,18D,19D,20D,21D,22D. The second-order valence-electron chi connectivity index (χ2n) is 15.8. The third-order valence-electron chi connectivity index (χ3n) is 11.7. The molecule has 322 valence electrons. The maximum absolute atomic E-state index is 15.8. The zero-order valence-corrected chi connectivity index (χ0v) is 35.4. The fourth-order valence-corrected chi connectivity index (χ4v) is 8.88. The molecule has 0 aromatic heterocycles. The molecule has 12 aromatic carbocycles. The summed E-state index contributed by atoms with van der Waals surface area (Å²) in [5, 5.41) is 3.66. The van der Waals surface area contributed by atoms with E-state index in [0.29, 0.717) is 43.7 Å². The van der Waals surface area contributed by atoms with Crippen LogP contribution in [0.25, 0.3) is 76.8 Å². The normalized spacial score (nSPS) is 15.5. The predicted octanol–water partition coefficient (Wildman–Crippen LogP) is 18.5.